The summed E-state index contributed by atoms with van der Waals surface area (Å²) >= 11 is 1.39. The number of hydrogen-bond donors (Lipinski definition) is 1. The van der Waals surface area contributed by atoms with Crippen LogP contribution in [0.3, 0.4) is 0 Å². The van der Waals surface area contributed by atoms with Crippen molar-refractivity contribution in [1.82, 2.24) is 30.2 Å². The van der Waals surface area contributed by atoms with Crippen molar-refractivity contribution in [1.29, 1.82) is 0 Å². The number of Topliss-reactive ketones (excluding diaryl/α,β-unsaturated/α-hetero) is 1. The van der Waals surface area contributed by atoms with Gasteiger partial charge in [-0.15, -0.1) is 35.0 Å². The molecule has 45 heavy (non-hydrogen) atoms. The minimum absolute atomic E-state index is 0. The number of ketones is 1. The van der Waals surface area contributed by atoms with E-state index >= 15 is 0 Å². The topological polar surface area (TPSA) is 121 Å². The number of benzene rings is 1. The number of halogens is 2. The fraction of sp³-hybridized carbons (Fsp3) is 0.645. The number of aromatic nitrogens is 2. The standard InChI is InChI=1S/C31H46N6O5S.2ClH/c1-23(2)20-26(27(39)29-33-34-30(42-29)43-19-16-35(3)4)37(22-38)31(12-6-5-7-13-31)32-28(40)25-10-8-24(9-11-25)21-36-14-17-41-18-15-36;;/h8-11,22-23,26H,5-7,12-21H2,1-4H3,(H,32,40);2*1H. The molecule has 1 atom stereocenters. The molecule has 1 aliphatic heterocycles. The van der Waals surface area contributed by atoms with E-state index in [2.05, 4.69) is 20.4 Å². The number of nitrogens with one attached hydrogen (secondary N) is 1. The van der Waals surface area contributed by atoms with Crippen molar-refractivity contribution < 1.29 is 23.5 Å². The second kappa shape index (κ2) is 18.8. The minimum atomic E-state index is -0.998. The zero-order chi connectivity index (χ0) is 30.8. The van der Waals surface area contributed by atoms with Gasteiger partial charge in [0.25, 0.3) is 17.0 Å². The quantitative estimate of drug-likeness (QED) is 0.124. The van der Waals surface area contributed by atoms with Gasteiger partial charge in [0.05, 0.1) is 13.2 Å². The van der Waals surface area contributed by atoms with Crippen LogP contribution in [0.4, 0.5) is 0 Å². The lowest BCUT2D eigenvalue weighted by Crippen LogP contribution is -2.65. The number of carbonyl (C=O) groups excluding carboxylic acids is 3. The van der Waals surface area contributed by atoms with Crippen LogP contribution in [0.15, 0.2) is 33.9 Å². The summed E-state index contributed by atoms with van der Waals surface area (Å²) < 4.78 is 11.2. The van der Waals surface area contributed by atoms with Crippen LogP contribution in [0.2, 0.25) is 0 Å². The van der Waals surface area contributed by atoms with Crippen molar-refractivity contribution in [2.45, 2.75) is 75.8 Å². The molecule has 11 nitrogen and oxygen atoms in total. The Hall–Kier alpha value is -2.22. The highest BCUT2D eigenvalue weighted by atomic mass is 35.5. The molecule has 0 radical (unpaired) electrons. The highest BCUT2D eigenvalue weighted by Crippen LogP contribution is 2.35. The number of nitrogens with zero attached hydrogens (tertiary/aromatic N) is 5. The van der Waals surface area contributed by atoms with Crippen molar-refractivity contribution in [2.24, 2.45) is 5.92 Å². The van der Waals surface area contributed by atoms with E-state index in [0.29, 0.717) is 36.5 Å². The number of rotatable bonds is 15. The predicted octanol–water partition coefficient (Wildman–Crippen LogP) is 4.55. The Bertz CT molecular complexity index is 1200. The number of ether oxygens (including phenoxy) is 1. The van der Waals surface area contributed by atoms with Gasteiger partial charge in [-0.1, -0.05) is 44.2 Å². The third kappa shape index (κ3) is 10.9. The maximum Gasteiger partial charge on any atom is 0.286 e. The lowest BCUT2D eigenvalue weighted by Gasteiger charge is -2.48. The second-order valence-corrected chi connectivity index (χ2v) is 13.2. The molecule has 1 N–H and O–H groups in total. The van der Waals surface area contributed by atoms with E-state index in [9.17, 15) is 14.4 Å². The lowest BCUT2D eigenvalue weighted by molar-refractivity contribution is -0.129. The first-order valence-corrected chi connectivity index (χ1v) is 16.3. The summed E-state index contributed by atoms with van der Waals surface area (Å²) in [6.07, 6.45) is 4.90. The molecule has 2 fully saturated rings. The van der Waals surface area contributed by atoms with Crippen molar-refractivity contribution in [2.75, 3.05) is 52.7 Å². The minimum Gasteiger partial charge on any atom is -0.408 e. The molecule has 2 amide bonds. The largest absolute Gasteiger partial charge is 0.408 e. The second-order valence-electron chi connectivity index (χ2n) is 12.2. The normalized spacial score (nSPS) is 17.2. The molecule has 1 aliphatic carbocycles. The van der Waals surface area contributed by atoms with Gasteiger partial charge in [-0.25, -0.2) is 0 Å². The van der Waals surface area contributed by atoms with Crippen molar-refractivity contribution >= 4 is 54.7 Å². The Balaban J connectivity index is 0.00000353. The summed E-state index contributed by atoms with van der Waals surface area (Å²) in [5.74, 6) is 0.0583. The van der Waals surface area contributed by atoms with Crippen LogP contribution in [0.1, 0.15) is 79.0 Å². The third-order valence-electron chi connectivity index (χ3n) is 8.08. The number of morpholine rings is 1. The van der Waals surface area contributed by atoms with Gasteiger partial charge in [-0.3, -0.25) is 19.3 Å². The molecule has 1 aromatic heterocycles. The van der Waals surface area contributed by atoms with E-state index in [1.165, 1.54) is 16.7 Å². The predicted molar refractivity (Wildman–Crippen MR) is 179 cm³/mol. The lowest BCUT2D eigenvalue weighted by atomic mass is 9.84. The van der Waals surface area contributed by atoms with Crippen LogP contribution in [-0.2, 0) is 16.1 Å². The molecule has 2 aromatic rings. The average molecular weight is 688 g/mol. The molecular weight excluding hydrogens is 639 g/mol. The van der Waals surface area contributed by atoms with Gasteiger partial charge in [-0.05, 0) is 69.8 Å². The highest BCUT2D eigenvalue weighted by Gasteiger charge is 2.45. The first-order chi connectivity index (χ1) is 20.7. The Morgan fingerprint density at radius 3 is 2.33 bits per heavy atom. The number of hydrogen-bond acceptors (Lipinski definition) is 10. The van der Waals surface area contributed by atoms with E-state index in [0.717, 1.165) is 70.0 Å². The summed E-state index contributed by atoms with van der Waals surface area (Å²) in [6.45, 7) is 8.89. The molecular formula is C31H48Cl2N6O5S. The van der Waals surface area contributed by atoms with Gasteiger partial charge in [0, 0.05) is 37.5 Å². The number of thioether (sulfide) groups is 1. The van der Waals surface area contributed by atoms with Gasteiger partial charge in [-0.2, -0.15) is 0 Å². The molecule has 1 saturated heterocycles. The van der Waals surface area contributed by atoms with Crippen LogP contribution in [0.5, 0.6) is 0 Å². The fourth-order valence-corrected chi connectivity index (χ4v) is 6.61. The SMILES string of the molecule is CC(C)CC(C(=O)c1nnc(SCCN(C)C)o1)N(C=O)C1(NC(=O)c2ccc(CN3CCOCC3)cc2)CCCCC1.Cl.Cl. The fourth-order valence-electron chi connectivity index (χ4n) is 5.74. The van der Waals surface area contributed by atoms with Crippen molar-refractivity contribution in [3.8, 4) is 0 Å². The van der Waals surface area contributed by atoms with Crippen molar-refractivity contribution in [3.05, 3.63) is 41.3 Å². The number of carbonyl (C=O) groups is 3. The maximum atomic E-state index is 13.9. The maximum absolute atomic E-state index is 13.9. The molecule has 4 rings (SSSR count). The smallest absolute Gasteiger partial charge is 0.286 e. The van der Waals surface area contributed by atoms with Crippen LogP contribution in [0, 0.1) is 5.92 Å². The highest BCUT2D eigenvalue weighted by molar-refractivity contribution is 7.99. The van der Waals surface area contributed by atoms with Crippen LogP contribution in [0.25, 0.3) is 0 Å². The molecule has 14 heteroatoms. The summed E-state index contributed by atoms with van der Waals surface area (Å²) in [6, 6.07) is 6.76. The van der Waals surface area contributed by atoms with Gasteiger partial charge in [0.2, 0.25) is 12.2 Å². The molecule has 1 saturated carbocycles. The summed E-state index contributed by atoms with van der Waals surface area (Å²) in [7, 11) is 3.96. The van der Waals surface area contributed by atoms with Gasteiger partial charge in [0.1, 0.15) is 11.7 Å². The van der Waals surface area contributed by atoms with Gasteiger partial charge in [0.15, 0.2) is 0 Å². The summed E-state index contributed by atoms with van der Waals surface area (Å²) in [4.78, 5) is 46.3. The molecule has 0 spiro atoms. The van der Waals surface area contributed by atoms with E-state index in [1.807, 2.05) is 57.1 Å². The monoisotopic (exact) mass is 686 g/mol. The zero-order valence-corrected chi connectivity index (χ0v) is 29.2. The third-order valence-corrected chi connectivity index (χ3v) is 8.87. The molecule has 1 aromatic carbocycles. The van der Waals surface area contributed by atoms with E-state index < -0.39 is 17.5 Å². The van der Waals surface area contributed by atoms with E-state index in [1.54, 1.807) is 0 Å². The molecule has 2 heterocycles. The summed E-state index contributed by atoms with van der Waals surface area (Å²) in [5.41, 5.74) is 0.647. The van der Waals surface area contributed by atoms with Crippen molar-refractivity contribution in [3.63, 3.8) is 0 Å². The Labute approximate surface area is 283 Å². The van der Waals surface area contributed by atoms with E-state index in [-0.39, 0.29) is 42.5 Å². The zero-order valence-electron chi connectivity index (χ0n) is 26.7. The van der Waals surface area contributed by atoms with E-state index in [4.69, 9.17) is 9.15 Å². The molecule has 0 bridgehead atoms. The number of amides is 2. The molecule has 252 valence electrons. The van der Waals surface area contributed by atoms with Gasteiger partial charge < -0.3 is 24.3 Å². The van der Waals surface area contributed by atoms with Crippen LogP contribution in [-0.4, -0.2) is 107 Å². The first kappa shape index (κ1) is 39.0. The molecule has 2 aliphatic rings. The molecule has 1 unspecified atom stereocenters. The van der Waals surface area contributed by atoms with Crippen LogP contribution >= 0.6 is 36.6 Å². The van der Waals surface area contributed by atoms with Gasteiger partial charge >= 0.3 is 0 Å². The Kier molecular flexibility index (Phi) is 16.3. The summed E-state index contributed by atoms with van der Waals surface area (Å²) in [5, 5.41) is 11.6. The van der Waals surface area contributed by atoms with Crippen LogP contribution < -0.4 is 5.32 Å². The Morgan fingerprint density at radius 2 is 1.73 bits per heavy atom. The Morgan fingerprint density at radius 1 is 1.07 bits per heavy atom. The first-order valence-electron chi connectivity index (χ1n) is 15.3. The average Bonchev–Trinajstić information content (AvgIpc) is 3.46.